The molecule has 0 saturated heterocycles. The summed E-state index contributed by atoms with van der Waals surface area (Å²) in [5.41, 5.74) is 1.24. The number of carboxylic acid groups (broad SMARTS) is 1. The van der Waals surface area contributed by atoms with Gasteiger partial charge in [0.15, 0.2) is 0 Å². The van der Waals surface area contributed by atoms with Crippen LogP contribution in [0.5, 0.6) is 0 Å². The lowest BCUT2D eigenvalue weighted by Gasteiger charge is -2.38. The maximum absolute atomic E-state index is 11.7. The molecule has 0 aliphatic rings. The minimum atomic E-state index is -2.36. The average Bonchev–Trinajstić information content (AvgIpc) is 2.68. The topological polar surface area (TPSA) is 46.5 Å². The van der Waals surface area contributed by atoms with E-state index in [0.29, 0.717) is 0 Å². The summed E-state index contributed by atoms with van der Waals surface area (Å²) in [5, 5.41) is 9.57. The fourth-order valence-corrected chi connectivity index (χ4v) is 5.94. The van der Waals surface area contributed by atoms with E-state index < -0.39 is 16.5 Å². The lowest BCUT2D eigenvalue weighted by molar-refractivity contribution is 0.150. The predicted octanol–water partition coefficient (Wildman–Crippen LogP) is 6.53. The largest absolute Gasteiger partial charge is 0.517 e. The maximum Gasteiger partial charge on any atom is 0.517 e. The normalized spacial score (nSPS) is 11.7. The first-order valence-corrected chi connectivity index (χ1v) is 10.2. The molecule has 4 heteroatoms. The molecule has 0 heterocycles. The molecule has 134 valence electrons. The Kier molecular flexibility index (Phi) is 5.64. The van der Waals surface area contributed by atoms with Crippen molar-refractivity contribution in [3.05, 3.63) is 90.5 Å². The van der Waals surface area contributed by atoms with Crippen LogP contribution in [0.1, 0.15) is 18.9 Å². The Morgan fingerprint density at radius 3 is 1.69 bits per heavy atom. The SMILES string of the molecule is CCCc1ccc(S(OC(=O)O)(c2ccccc2)c2ccccc2)cc1. The van der Waals surface area contributed by atoms with Crippen molar-refractivity contribution in [1.29, 1.82) is 0 Å². The molecule has 0 aliphatic carbocycles. The first-order chi connectivity index (χ1) is 12.7. The van der Waals surface area contributed by atoms with Crippen LogP contribution in [0.2, 0.25) is 0 Å². The number of benzene rings is 3. The monoisotopic (exact) mass is 366 g/mol. The molecule has 0 fully saturated rings. The summed E-state index contributed by atoms with van der Waals surface area (Å²) in [4.78, 5) is 14.3. The fraction of sp³-hybridized carbons (Fsp3) is 0.136. The molecule has 26 heavy (non-hydrogen) atoms. The zero-order valence-corrected chi connectivity index (χ0v) is 15.5. The Morgan fingerprint density at radius 2 is 1.27 bits per heavy atom. The molecule has 0 bridgehead atoms. The van der Waals surface area contributed by atoms with Gasteiger partial charge < -0.3 is 9.29 Å². The van der Waals surface area contributed by atoms with E-state index in [1.807, 2.05) is 72.8 Å². The van der Waals surface area contributed by atoms with Crippen LogP contribution in [0.15, 0.2) is 99.6 Å². The molecular weight excluding hydrogens is 344 g/mol. The van der Waals surface area contributed by atoms with Crippen LogP contribution >= 0.6 is 10.3 Å². The van der Waals surface area contributed by atoms with E-state index >= 15 is 0 Å². The number of hydrogen-bond donors (Lipinski definition) is 1. The highest BCUT2D eigenvalue weighted by atomic mass is 32.3. The molecule has 3 aromatic rings. The van der Waals surface area contributed by atoms with Crippen molar-refractivity contribution in [2.45, 2.75) is 34.5 Å². The molecule has 0 unspecified atom stereocenters. The van der Waals surface area contributed by atoms with Crippen LogP contribution in [-0.2, 0) is 10.6 Å². The summed E-state index contributed by atoms with van der Waals surface area (Å²) in [5.74, 6) is 0. The van der Waals surface area contributed by atoms with Crippen LogP contribution in [0, 0.1) is 0 Å². The van der Waals surface area contributed by atoms with E-state index in [2.05, 4.69) is 19.1 Å². The zero-order valence-electron chi connectivity index (χ0n) is 14.7. The minimum Gasteiger partial charge on any atom is -0.449 e. The summed E-state index contributed by atoms with van der Waals surface area (Å²) in [6.07, 6.45) is 0.796. The summed E-state index contributed by atoms with van der Waals surface area (Å²) < 4.78 is 5.70. The number of rotatable bonds is 6. The maximum atomic E-state index is 11.7. The van der Waals surface area contributed by atoms with Crippen LogP contribution in [-0.4, -0.2) is 11.3 Å². The van der Waals surface area contributed by atoms with Gasteiger partial charge in [-0.2, -0.15) is 0 Å². The van der Waals surface area contributed by atoms with Gasteiger partial charge in [0.05, 0.1) is 0 Å². The lowest BCUT2D eigenvalue weighted by Crippen LogP contribution is -2.12. The van der Waals surface area contributed by atoms with Gasteiger partial charge in [-0.15, -0.1) is 0 Å². The Balaban J connectivity index is 2.24. The molecule has 0 atom stereocenters. The summed E-state index contributed by atoms with van der Waals surface area (Å²) >= 11 is 0. The van der Waals surface area contributed by atoms with Gasteiger partial charge in [-0.25, -0.2) is 4.79 Å². The van der Waals surface area contributed by atoms with E-state index in [9.17, 15) is 9.90 Å². The molecule has 0 aliphatic heterocycles. The van der Waals surface area contributed by atoms with Crippen molar-refractivity contribution < 1.29 is 14.1 Å². The molecular formula is C22H22O3S. The van der Waals surface area contributed by atoms with Gasteiger partial charge in [-0.1, -0.05) is 61.9 Å². The second kappa shape index (κ2) is 8.11. The zero-order chi connectivity index (χ0) is 18.4. The van der Waals surface area contributed by atoms with Gasteiger partial charge in [0, 0.05) is 14.7 Å². The van der Waals surface area contributed by atoms with Crippen LogP contribution in [0.25, 0.3) is 0 Å². The molecule has 0 spiro atoms. The van der Waals surface area contributed by atoms with Gasteiger partial charge >= 0.3 is 6.16 Å². The van der Waals surface area contributed by atoms with E-state index in [-0.39, 0.29) is 0 Å². The highest BCUT2D eigenvalue weighted by molar-refractivity contribution is 8.30. The Hall–Kier alpha value is -2.72. The molecule has 3 nitrogen and oxygen atoms in total. The molecule has 3 aromatic carbocycles. The molecule has 0 amide bonds. The van der Waals surface area contributed by atoms with Crippen molar-refractivity contribution in [3.8, 4) is 0 Å². The molecule has 0 aromatic heterocycles. The Morgan fingerprint density at radius 1 is 0.808 bits per heavy atom. The van der Waals surface area contributed by atoms with E-state index in [4.69, 9.17) is 4.18 Å². The first kappa shape index (κ1) is 18.1. The molecule has 0 radical (unpaired) electrons. The Labute approximate surface area is 155 Å². The van der Waals surface area contributed by atoms with Gasteiger partial charge in [0.1, 0.15) is 0 Å². The Bertz CT molecular complexity index is 806. The third-order valence-corrected chi connectivity index (χ3v) is 7.34. The van der Waals surface area contributed by atoms with Crippen molar-refractivity contribution in [2.75, 3.05) is 0 Å². The van der Waals surface area contributed by atoms with Crippen molar-refractivity contribution >= 4 is 16.5 Å². The number of hydrogen-bond acceptors (Lipinski definition) is 2. The van der Waals surface area contributed by atoms with Gasteiger partial charge in [-0.3, -0.25) is 0 Å². The molecule has 0 saturated carbocycles. The van der Waals surface area contributed by atoms with Crippen LogP contribution in [0.4, 0.5) is 4.79 Å². The lowest BCUT2D eigenvalue weighted by atomic mass is 10.1. The standard InChI is InChI=1S/C22H22O3S/c1-2-9-18-14-16-21(17-15-18)26(25-22(23)24,19-10-5-3-6-11-19)20-12-7-4-8-13-20/h3-8,10-17H,2,9H2,1H3,(H,23,24). The van der Waals surface area contributed by atoms with Crippen molar-refractivity contribution in [2.24, 2.45) is 0 Å². The van der Waals surface area contributed by atoms with Crippen molar-refractivity contribution in [3.63, 3.8) is 0 Å². The van der Waals surface area contributed by atoms with E-state index in [1.165, 1.54) is 5.56 Å². The van der Waals surface area contributed by atoms with Crippen LogP contribution < -0.4 is 0 Å². The van der Waals surface area contributed by atoms with E-state index in [1.54, 1.807) is 0 Å². The third-order valence-electron chi connectivity index (χ3n) is 4.14. The average molecular weight is 366 g/mol. The fourth-order valence-electron chi connectivity index (χ4n) is 3.02. The smallest absolute Gasteiger partial charge is 0.449 e. The summed E-state index contributed by atoms with van der Waals surface area (Å²) in [7, 11) is -2.36. The van der Waals surface area contributed by atoms with Gasteiger partial charge in [0.25, 0.3) is 0 Å². The summed E-state index contributed by atoms with van der Waals surface area (Å²) in [6.45, 7) is 2.14. The number of aryl methyl sites for hydroxylation is 1. The highest BCUT2D eigenvalue weighted by Gasteiger charge is 2.35. The van der Waals surface area contributed by atoms with E-state index in [0.717, 1.165) is 27.5 Å². The number of carbonyl (C=O) groups is 1. The molecule has 1 N–H and O–H groups in total. The molecule has 3 rings (SSSR count). The quantitative estimate of drug-likeness (QED) is 0.539. The summed E-state index contributed by atoms with van der Waals surface area (Å²) in [6, 6.07) is 27.4. The second-order valence-electron chi connectivity index (χ2n) is 5.93. The third kappa shape index (κ3) is 3.60. The first-order valence-electron chi connectivity index (χ1n) is 8.61. The van der Waals surface area contributed by atoms with Crippen LogP contribution in [0.3, 0.4) is 0 Å². The second-order valence-corrected chi connectivity index (χ2v) is 8.62. The predicted molar refractivity (Wildman–Crippen MR) is 105 cm³/mol. The van der Waals surface area contributed by atoms with Gasteiger partial charge in [-0.05, 0) is 58.7 Å². The van der Waals surface area contributed by atoms with Gasteiger partial charge in [0.2, 0.25) is 0 Å². The highest BCUT2D eigenvalue weighted by Crippen LogP contribution is 2.69. The van der Waals surface area contributed by atoms with Crippen molar-refractivity contribution in [1.82, 2.24) is 0 Å². The minimum absolute atomic E-state index is 0.858.